The summed E-state index contributed by atoms with van der Waals surface area (Å²) in [6.07, 6.45) is 4.42. The van der Waals surface area contributed by atoms with Crippen molar-refractivity contribution in [2.75, 3.05) is 11.5 Å². The summed E-state index contributed by atoms with van der Waals surface area (Å²) in [4.78, 5) is 1.28. The summed E-state index contributed by atoms with van der Waals surface area (Å²) in [6.45, 7) is 6.11. The Hall–Kier alpha value is -0.520. The van der Waals surface area contributed by atoms with Crippen molar-refractivity contribution in [1.82, 2.24) is 4.72 Å². The van der Waals surface area contributed by atoms with Crippen LogP contribution in [0.3, 0.4) is 0 Å². The van der Waals surface area contributed by atoms with Gasteiger partial charge in [-0.2, -0.15) is 0 Å². The first-order valence-electron chi connectivity index (χ1n) is 8.64. The Morgan fingerprint density at radius 2 is 1.83 bits per heavy atom. The molecular weight excluding hydrogens is 326 g/mol. The summed E-state index contributed by atoms with van der Waals surface area (Å²) in [5.74, 6) is 2.14. The molecule has 3 nitrogen and oxygen atoms in total. The second-order valence-electron chi connectivity index (χ2n) is 6.71. The Kier molecular flexibility index (Phi) is 6.99. The van der Waals surface area contributed by atoms with Gasteiger partial charge in [-0.25, -0.2) is 13.1 Å². The maximum Gasteiger partial charge on any atom is 0.211 e. The van der Waals surface area contributed by atoms with Gasteiger partial charge >= 0.3 is 0 Å². The monoisotopic (exact) mass is 355 g/mol. The number of hydrogen-bond acceptors (Lipinski definition) is 3. The van der Waals surface area contributed by atoms with Crippen molar-refractivity contribution in [3.8, 4) is 0 Å². The van der Waals surface area contributed by atoms with Crippen molar-refractivity contribution in [1.29, 1.82) is 0 Å². The lowest BCUT2D eigenvalue weighted by atomic mass is 9.86. The minimum absolute atomic E-state index is 0.108. The molecule has 0 aromatic heterocycles. The minimum atomic E-state index is -3.11. The van der Waals surface area contributed by atoms with E-state index in [0.717, 1.165) is 25.0 Å². The highest BCUT2D eigenvalue weighted by atomic mass is 32.2. The predicted molar refractivity (Wildman–Crippen MR) is 99.6 cm³/mol. The first kappa shape index (κ1) is 18.8. The van der Waals surface area contributed by atoms with E-state index in [-0.39, 0.29) is 11.8 Å². The van der Waals surface area contributed by atoms with Gasteiger partial charge in [-0.3, -0.25) is 0 Å². The van der Waals surface area contributed by atoms with Crippen molar-refractivity contribution in [2.45, 2.75) is 63.3 Å². The smallest absolute Gasteiger partial charge is 0.211 e. The molecule has 1 aromatic rings. The first-order chi connectivity index (χ1) is 10.9. The van der Waals surface area contributed by atoms with Crippen LogP contribution in [0.5, 0.6) is 0 Å². The van der Waals surface area contributed by atoms with Gasteiger partial charge in [-0.15, -0.1) is 11.8 Å². The highest BCUT2D eigenvalue weighted by molar-refractivity contribution is 7.99. The molecule has 0 spiro atoms. The molecular formula is C18H29NO2S2. The number of hydrogen-bond donors (Lipinski definition) is 1. The van der Waals surface area contributed by atoms with E-state index in [1.165, 1.54) is 16.9 Å². The fourth-order valence-electron chi connectivity index (χ4n) is 3.03. The lowest BCUT2D eigenvalue weighted by molar-refractivity contribution is 0.315. The Morgan fingerprint density at radius 3 is 2.43 bits per heavy atom. The maximum atomic E-state index is 11.9. The first-order valence-corrected chi connectivity index (χ1v) is 11.3. The van der Waals surface area contributed by atoms with Gasteiger partial charge in [0.25, 0.3) is 0 Å². The number of nitrogens with one attached hydrogen (secondary N) is 1. The van der Waals surface area contributed by atoms with Crippen molar-refractivity contribution in [2.24, 2.45) is 5.92 Å². The molecule has 0 saturated heterocycles. The van der Waals surface area contributed by atoms with E-state index in [4.69, 9.17) is 0 Å². The Bertz CT molecular complexity index is 582. The van der Waals surface area contributed by atoms with Gasteiger partial charge in [0.15, 0.2) is 0 Å². The second-order valence-corrected chi connectivity index (χ2v) is 9.84. The van der Waals surface area contributed by atoms with E-state index in [9.17, 15) is 8.42 Å². The highest BCUT2D eigenvalue weighted by Gasteiger charge is 2.28. The van der Waals surface area contributed by atoms with Gasteiger partial charge in [0.1, 0.15) is 0 Å². The number of sulfonamides is 1. The van der Waals surface area contributed by atoms with Gasteiger partial charge in [0, 0.05) is 16.7 Å². The quantitative estimate of drug-likeness (QED) is 0.737. The molecule has 2 unspecified atom stereocenters. The van der Waals surface area contributed by atoms with Gasteiger partial charge in [0.2, 0.25) is 10.0 Å². The summed E-state index contributed by atoms with van der Waals surface area (Å²) >= 11 is 1.85. The second kappa shape index (κ2) is 8.54. The van der Waals surface area contributed by atoms with E-state index in [1.807, 2.05) is 11.8 Å². The number of benzene rings is 1. The molecule has 23 heavy (non-hydrogen) atoms. The van der Waals surface area contributed by atoms with Crippen LogP contribution in [-0.4, -0.2) is 26.0 Å². The summed E-state index contributed by atoms with van der Waals surface area (Å²) in [5.41, 5.74) is 1.36. The van der Waals surface area contributed by atoms with Crippen LogP contribution in [0.1, 0.15) is 57.9 Å². The number of thioether (sulfide) groups is 1. The van der Waals surface area contributed by atoms with Crippen LogP contribution in [0.25, 0.3) is 0 Å². The molecule has 130 valence electrons. The van der Waals surface area contributed by atoms with Crippen LogP contribution >= 0.6 is 11.8 Å². The minimum Gasteiger partial charge on any atom is -0.212 e. The molecule has 0 amide bonds. The molecule has 1 N–H and O–H groups in total. The summed E-state index contributed by atoms with van der Waals surface area (Å²) in [7, 11) is -3.11. The fourth-order valence-corrected chi connectivity index (χ4v) is 5.10. The molecule has 1 aliphatic carbocycles. The largest absolute Gasteiger partial charge is 0.212 e. The standard InChI is InChI=1S/C18H29NO2S2/c1-4-23(20,21)19-18-8-6-5-7-16(18)13-22-17-11-9-15(10-12-17)14(2)3/h9-12,14,16,18-19H,4-8,13H2,1-3H3. The lowest BCUT2D eigenvalue weighted by Crippen LogP contribution is -2.43. The van der Waals surface area contributed by atoms with E-state index in [1.54, 1.807) is 6.92 Å². The van der Waals surface area contributed by atoms with Gasteiger partial charge in [-0.05, 0) is 49.3 Å². The predicted octanol–water partition coefficient (Wildman–Crippen LogP) is 4.40. The topological polar surface area (TPSA) is 46.2 Å². The van der Waals surface area contributed by atoms with Crippen LogP contribution in [-0.2, 0) is 10.0 Å². The molecule has 0 bridgehead atoms. The summed E-state index contributed by atoms with van der Waals surface area (Å²) in [5, 5.41) is 0. The fraction of sp³-hybridized carbons (Fsp3) is 0.667. The molecule has 1 fully saturated rings. The summed E-state index contributed by atoms with van der Waals surface area (Å²) < 4.78 is 26.7. The normalized spacial score (nSPS) is 22.4. The average Bonchev–Trinajstić information content (AvgIpc) is 2.54. The molecule has 2 rings (SSSR count). The van der Waals surface area contributed by atoms with Crippen molar-refractivity contribution < 1.29 is 8.42 Å². The van der Waals surface area contributed by atoms with E-state index < -0.39 is 10.0 Å². The van der Waals surface area contributed by atoms with E-state index >= 15 is 0 Å². The maximum absolute atomic E-state index is 11.9. The van der Waals surface area contributed by atoms with E-state index in [0.29, 0.717) is 11.8 Å². The van der Waals surface area contributed by atoms with Crippen molar-refractivity contribution in [3.05, 3.63) is 29.8 Å². The van der Waals surface area contributed by atoms with Crippen LogP contribution in [0.4, 0.5) is 0 Å². The molecule has 0 heterocycles. The molecule has 5 heteroatoms. The van der Waals surface area contributed by atoms with Crippen LogP contribution in [0.2, 0.25) is 0 Å². The average molecular weight is 356 g/mol. The zero-order chi connectivity index (χ0) is 16.9. The van der Waals surface area contributed by atoms with Crippen molar-refractivity contribution in [3.63, 3.8) is 0 Å². The highest BCUT2D eigenvalue weighted by Crippen LogP contribution is 2.31. The Morgan fingerprint density at radius 1 is 1.17 bits per heavy atom. The summed E-state index contributed by atoms with van der Waals surface area (Å²) in [6, 6.07) is 8.88. The van der Waals surface area contributed by atoms with Crippen LogP contribution < -0.4 is 4.72 Å². The third-order valence-electron chi connectivity index (χ3n) is 4.63. The van der Waals surface area contributed by atoms with Gasteiger partial charge < -0.3 is 0 Å². The molecule has 2 atom stereocenters. The third-order valence-corrected chi connectivity index (χ3v) is 7.25. The zero-order valence-electron chi connectivity index (χ0n) is 14.4. The van der Waals surface area contributed by atoms with Crippen LogP contribution in [0, 0.1) is 5.92 Å². The Balaban J connectivity index is 1.94. The molecule has 0 radical (unpaired) electrons. The molecule has 0 aliphatic heterocycles. The van der Waals surface area contributed by atoms with Gasteiger partial charge in [-0.1, -0.05) is 38.8 Å². The van der Waals surface area contributed by atoms with Crippen LogP contribution in [0.15, 0.2) is 29.2 Å². The third kappa shape index (κ3) is 5.80. The SMILES string of the molecule is CCS(=O)(=O)NC1CCCCC1CSc1ccc(C(C)C)cc1. The number of rotatable bonds is 7. The van der Waals surface area contributed by atoms with Crippen molar-refractivity contribution >= 4 is 21.8 Å². The molecule has 1 aromatic carbocycles. The lowest BCUT2D eigenvalue weighted by Gasteiger charge is -2.31. The molecule has 1 aliphatic rings. The Labute approximate surface area is 145 Å². The molecule has 1 saturated carbocycles. The van der Waals surface area contributed by atoms with E-state index in [2.05, 4.69) is 42.8 Å². The zero-order valence-corrected chi connectivity index (χ0v) is 16.1. The van der Waals surface area contributed by atoms with Gasteiger partial charge in [0.05, 0.1) is 5.75 Å².